The summed E-state index contributed by atoms with van der Waals surface area (Å²) >= 11 is 5.59. The molecule has 2 unspecified atom stereocenters. The Morgan fingerprint density at radius 3 is 2.56 bits per heavy atom. The zero-order valence-electron chi connectivity index (χ0n) is 13.1. The predicted octanol–water partition coefficient (Wildman–Crippen LogP) is 3.51. The zero-order chi connectivity index (χ0) is 18.1. The van der Waals surface area contributed by atoms with Crippen LogP contribution >= 0.6 is 24.0 Å². The number of halogens is 5. The number of benzene rings is 1. The summed E-state index contributed by atoms with van der Waals surface area (Å²) in [5.74, 6) is -2.14. The van der Waals surface area contributed by atoms with E-state index in [-0.39, 0.29) is 29.7 Å². The van der Waals surface area contributed by atoms with E-state index in [1.165, 1.54) is 13.0 Å². The number of carbonyl (C=O) groups is 2. The van der Waals surface area contributed by atoms with E-state index in [0.717, 1.165) is 12.1 Å². The zero-order valence-corrected chi connectivity index (χ0v) is 14.7. The molecule has 0 aliphatic carbocycles. The number of nitrogens with zero attached hydrogens (tertiary/aromatic N) is 1. The van der Waals surface area contributed by atoms with Crippen LogP contribution in [-0.4, -0.2) is 41.0 Å². The molecule has 0 radical (unpaired) electrons. The number of aliphatic carboxylic acids is 1. The molecule has 2 N–H and O–H groups in total. The number of anilines is 1. The first-order chi connectivity index (χ1) is 11.1. The Kier molecular flexibility index (Phi) is 7.10. The Labute approximate surface area is 153 Å². The SMILES string of the molecule is CC(C(=O)Nc1ccc(Cl)cc1C(F)(F)F)N1CCC(C(=O)O)C1.Cl. The number of amides is 1. The summed E-state index contributed by atoms with van der Waals surface area (Å²) in [4.78, 5) is 24.8. The first kappa shape index (κ1) is 21.5. The van der Waals surface area contributed by atoms with Crippen molar-refractivity contribution in [3.05, 3.63) is 28.8 Å². The Morgan fingerprint density at radius 1 is 1.40 bits per heavy atom. The topological polar surface area (TPSA) is 69.6 Å². The molecule has 0 aromatic heterocycles. The lowest BCUT2D eigenvalue weighted by atomic mass is 10.1. The third-order valence-electron chi connectivity index (χ3n) is 4.04. The van der Waals surface area contributed by atoms with Crippen LogP contribution in [0, 0.1) is 5.92 Å². The minimum atomic E-state index is -4.65. The quantitative estimate of drug-likeness (QED) is 0.810. The summed E-state index contributed by atoms with van der Waals surface area (Å²) in [6.07, 6.45) is -4.25. The molecule has 140 valence electrons. The van der Waals surface area contributed by atoms with Gasteiger partial charge in [-0.05, 0) is 38.1 Å². The first-order valence-corrected chi connectivity index (χ1v) is 7.62. The van der Waals surface area contributed by atoms with Gasteiger partial charge in [-0.25, -0.2) is 0 Å². The molecule has 0 saturated carbocycles. The number of carbonyl (C=O) groups excluding carboxylic acids is 1. The molecule has 0 spiro atoms. The van der Waals surface area contributed by atoms with Crippen molar-refractivity contribution in [2.75, 3.05) is 18.4 Å². The Balaban J connectivity index is 0.00000312. The van der Waals surface area contributed by atoms with Crippen LogP contribution in [0.4, 0.5) is 18.9 Å². The van der Waals surface area contributed by atoms with E-state index in [2.05, 4.69) is 5.32 Å². The molecule has 2 atom stereocenters. The van der Waals surface area contributed by atoms with Gasteiger partial charge in [-0.15, -0.1) is 12.4 Å². The number of hydrogen-bond acceptors (Lipinski definition) is 3. The fourth-order valence-corrected chi connectivity index (χ4v) is 2.78. The van der Waals surface area contributed by atoms with E-state index in [1.807, 2.05) is 0 Å². The van der Waals surface area contributed by atoms with Crippen molar-refractivity contribution in [2.45, 2.75) is 25.6 Å². The van der Waals surface area contributed by atoms with E-state index in [4.69, 9.17) is 16.7 Å². The first-order valence-electron chi connectivity index (χ1n) is 7.24. The van der Waals surface area contributed by atoms with Gasteiger partial charge < -0.3 is 10.4 Å². The highest BCUT2D eigenvalue weighted by atomic mass is 35.5. The maximum atomic E-state index is 13.0. The normalized spacial score (nSPS) is 19.2. The van der Waals surface area contributed by atoms with Crippen LogP contribution in [0.2, 0.25) is 5.02 Å². The van der Waals surface area contributed by atoms with Gasteiger partial charge in [-0.2, -0.15) is 13.2 Å². The van der Waals surface area contributed by atoms with E-state index in [1.54, 1.807) is 4.90 Å². The smallest absolute Gasteiger partial charge is 0.418 e. The maximum absolute atomic E-state index is 13.0. The van der Waals surface area contributed by atoms with Gasteiger partial charge in [0.2, 0.25) is 5.91 Å². The van der Waals surface area contributed by atoms with Crippen molar-refractivity contribution < 1.29 is 27.9 Å². The van der Waals surface area contributed by atoms with Crippen LogP contribution in [0.5, 0.6) is 0 Å². The minimum absolute atomic E-state index is 0. The van der Waals surface area contributed by atoms with E-state index < -0.39 is 35.6 Å². The molecule has 1 saturated heterocycles. The van der Waals surface area contributed by atoms with Crippen LogP contribution < -0.4 is 5.32 Å². The largest absolute Gasteiger partial charge is 0.481 e. The van der Waals surface area contributed by atoms with E-state index in [9.17, 15) is 22.8 Å². The number of nitrogens with one attached hydrogen (secondary N) is 1. The molecular formula is C15H17Cl2F3N2O3. The molecular weight excluding hydrogens is 384 g/mol. The molecule has 1 heterocycles. The lowest BCUT2D eigenvalue weighted by molar-refractivity contribution is -0.141. The highest BCUT2D eigenvalue weighted by molar-refractivity contribution is 6.30. The molecule has 1 aromatic rings. The molecule has 2 rings (SSSR count). The molecule has 1 fully saturated rings. The third-order valence-corrected chi connectivity index (χ3v) is 4.28. The van der Waals surface area contributed by atoms with Gasteiger partial charge >= 0.3 is 12.1 Å². The Bertz CT molecular complexity index is 655. The summed E-state index contributed by atoms with van der Waals surface area (Å²) in [6, 6.07) is 2.36. The Hall–Kier alpha value is -1.51. The fourth-order valence-electron chi connectivity index (χ4n) is 2.60. The lowest BCUT2D eigenvalue weighted by Gasteiger charge is -2.24. The summed E-state index contributed by atoms with van der Waals surface area (Å²) in [6.45, 7) is 2.12. The van der Waals surface area contributed by atoms with Crippen molar-refractivity contribution in [1.82, 2.24) is 4.90 Å². The average Bonchev–Trinajstić information content (AvgIpc) is 2.97. The van der Waals surface area contributed by atoms with Crippen LogP contribution in [-0.2, 0) is 15.8 Å². The number of hydrogen-bond donors (Lipinski definition) is 2. The van der Waals surface area contributed by atoms with E-state index >= 15 is 0 Å². The second-order valence-corrected chi connectivity index (χ2v) is 6.11. The van der Waals surface area contributed by atoms with Gasteiger partial charge in [0.15, 0.2) is 0 Å². The summed E-state index contributed by atoms with van der Waals surface area (Å²) in [5.41, 5.74) is -1.40. The predicted molar refractivity (Wildman–Crippen MR) is 89.1 cm³/mol. The third kappa shape index (κ3) is 5.23. The lowest BCUT2D eigenvalue weighted by Crippen LogP contribution is -2.41. The average molecular weight is 401 g/mol. The molecule has 1 amide bonds. The van der Waals surface area contributed by atoms with Crippen LogP contribution in [0.3, 0.4) is 0 Å². The summed E-state index contributed by atoms with van der Waals surface area (Å²) in [5, 5.41) is 11.1. The van der Waals surface area contributed by atoms with Gasteiger partial charge in [0.05, 0.1) is 23.2 Å². The van der Waals surface area contributed by atoms with Gasteiger partial charge in [-0.1, -0.05) is 11.6 Å². The van der Waals surface area contributed by atoms with Gasteiger partial charge in [0.1, 0.15) is 0 Å². The molecule has 10 heteroatoms. The monoisotopic (exact) mass is 400 g/mol. The summed E-state index contributed by atoms with van der Waals surface area (Å²) in [7, 11) is 0. The standard InChI is InChI=1S/C15H16ClF3N2O3.ClH/c1-8(21-5-4-9(7-21)14(23)24)13(22)20-12-3-2-10(16)6-11(12)15(17,18)19;/h2-3,6,8-9H,4-5,7H2,1H3,(H,20,22)(H,23,24);1H. The molecule has 25 heavy (non-hydrogen) atoms. The highest BCUT2D eigenvalue weighted by Gasteiger charge is 2.36. The number of likely N-dealkylation sites (tertiary alicyclic amines) is 1. The number of rotatable bonds is 4. The fraction of sp³-hybridized carbons (Fsp3) is 0.467. The van der Waals surface area contributed by atoms with Crippen LogP contribution in [0.1, 0.15) is 18.9 Å². The molecule has 1 aromatic carbocycles. The maximum Gasteiger partial charge on any atom is 0.418 e. The van der Waals surface area contributed by atoms with Crippen molar-refractivity contribution in [2.24, 2.45) is 5.92 Å². The molecule has 1 aliphatic rings. The van der Waals surface area contributed by atoms with Gasteiger partial charge in [0, 0.05) is 11.6 Å². The van der Waals surface area contributed by atoms with Crippen molar-refractivity contribution in [1.29, 1.82) is 0 Å². The van der Waals surface area contributed by atoms with E-state index in [0.29, 0.717) is 13.0 Å². The molecule has 5 nitrogen and oxygen atoms in total. The second-order valence-electron chi connectivity index (χ2n) is 5.67. The summed E-state index contributed by atoms with van der Waals surface area (Å²) < 4.78 is 39.1. The second kappa shape index (κ2) is 8.25. The van der Waals surface area contributed by atoms with Crippen LogP contribution in [0.15, 0.2) is 18.2 Å². The molecule has 0 bridgehead atoms. The van der Waals surface area contributed by atoms with Gasteiger partial charge in [0.25, 0.3) is 0 Å². The van der Waals surface area contributed by atoms with Crippen LogP contribution in [0.25, 0.3) is 0 Å². The highest BCUT2D eigenvalue weighted by Crippen LogP contribution is 2.36. The van der Waals surface area contributed by atoms with Crippen molar-refractivity contribution >= 4 is 41.6 Å². The van der Waals surface area contributed by atoms with Gasteiger partial charge in [-0.3, -0.25) is 14.5 Å². The number of carboxylic acids is 1. The van der Waals surface area contributed by atoms with Crippen molar-refractivity contribution in [3.63, 3.8) is 0 Å². The Morgan fingerprint density at radius 2 is 2.04 bits per heavy atom. The van der Waals surface area contributed by atoms with Crippen molar-refractivity contribution in [3.8, 4) is 0 Å². The number of carboxylic acid groups (broad SMARTS) is 1. The minimum Gasteiger partial charge on any atom is -0.481 e. The number of alkyl halides is 3. The molecule has 1 aliphatic heterocycles.